The predicted molar refractivity (Wildman–Crippen MR) is 78.3 cm³/mol. The zero-order chi connectivity index (χ0) is 16.5. The molecule has 1 aromatic carbocycles. The first-order valence-corrected chi connectivity index (χ1v) is 7.30. The number of rotatable bonds is 5. The maximum atomic E-state index is 12.9. The maximum absolute atomic E-state index is 12.9. The van der Waals surface area contributed by atoms with Crippen LogP contribution in [0.1, 0.15) is 38.7 Å². The fraction of sp³-hybridized carbons (Fsp3) is 0.562. The molecule has 1 unspecified atom stereocenters. The lowest BCUT2D eigenvalue weighted by Gasteiger charge is -2.25. The lowest BCUT2D eigenvalue weighted by molar-refractivity contribution is -0.155. The van der Waals surface area contributed by atoms with Gasteiger partial charge in [-0.05, 0) is 25.0 Å². The summed E-state index contributed by atoms with van der Waals surface area (Å²) in [5.41, 5.74) is -0.607. The highest BCUT2D eigenvalue weighted by atomic mass is 19.4. The molecule has 1 aromatic rings. The van der Waals surface area contributed by atoms with Gasteiger partial charge in [0.25, 0.3) is 0 Å². The Morgan fingerprint density at radius 3 is 2.55 bits per heavy atom. The molecule has 0 spiro atoms. The van der Waals surface area contributed by atoms with Crippen LogP contribution in [0.25, 0.3) is 0 Å². The number of amides is 1. The van der Waals surface area contributed by atoms with E-state index in [4.69, 9.17) is 4.74 Å². The third-order valence-electron chi connectivity index (χ3n) is 4.10. The van der Waals surface area contributed by atoms with Crippen LogP contribution in [0.3, 0.4) is 0 Å². The number of ether oxygens (including phenoxy) is 1. The van der Waals surface area contributed by atoms with Crippen LogP contribution in [0, 0.1) is 0 Å². The van der Waals surface area contributed by atoms with E-state index in [9.17, 15) is 18.0 Å². The van der Waals surface area contributed by atoms with Crippen LogP contribution < -0.4 is 9.64 Å². The number of methoxy groups -OCH3 is 1. The molecule has 1 aliphatic heterocycles. The number of anilines is 1. The third kappa shape index (κ3) is 2.91. The zero-order valence-electron chi connectivity index (χ0n) is 13.0. The number of nitrogens with zero attached hydrogens (tertiary/aromatic N) is 1. The molecular formula is C16H20F3NO2. The quantitative estimate of drug-likeness (QED) is 0.820. The molecule has 1 heterocycles. The van der Waals surface area contributed by atoms with Gasteiger partial charge in [0, 0.05) is 12.6 Å². The Kier molecular flexibility index (Phi) is 4.40. The lowest BCUT2D eigenvalue weighted by atomic mass is 9.80. The van der Waals surface area contributed by atoms with Gasteiger partial charge in [0.2, 0.25) is 5.91 Å². The van der Waals surface area contributed by atoms with Crippen LogP contribution in [-0.2, 0) is 10.2 Å². The molecule has 0 saturated carbocycles. The summed E-state index contributed by atoms with van der Waals surface area (Å²) in [5.74, 6) is 0.0471. The van der Waals surface area contributed by atoms with E-state index in [2.05, 4.69) is 0 Å². The molecule has 0 saturated heterocycles. The number of carbonyl (C=O) groups excluding carboxylic acids is 1. The molecule has 6 heteroatoms. The number of hydrogen-bond donors (Lipinski definition) is 0. The van der Waals surface area contributed by atoms with Gasteiger partial charge in [-0.1, -0.05) is 19.4 Å². The zero-order valence-corrected chi connectivity index (χ0v) is 13.0. The van der Waals surface area contributed by atoms with E-state index in [1.165, 1.54) is 18.9 Å². The highest BCUT2D eigenvalue weighted by Crippen LogP contribution is 2.48. The van der Waals surface area contributed by atoms with Gasteiger partial charge in [-0.2, -0.15) is 13.2 Å². The normalized spacial score (nSPS) is 21.2. The van der Waals surface area contributed by atoms with Crippen LogP contribution in [0.4, 0.5) is 18.9 Å². The second kappa shape index (κ2) is 5.82. The second-order valence-corrected chi connectivity index (χ2v) is 5.82. The maximum Gasteiger partial charge on any atom is 0.390 e. The third-order valence-corrected chi connectivity index (χ3v) is 4.10. The first-order valence-electron chi connectivity index (χ1n) is 7.30. The van der Waals surface area contributed by atoms with E-state index >= 15 is 0 Å². The molecular weight excluding hydrogens is 295 g/mol. The number of halogens is 3. The van der Waals surface area contributed by atoms with Crippen LogP contribution in [0.5, 0.6) is 5.75 Å². The van der Waals surface area contributed by atoms with Crippen molar-refractivity contribution in [2.24, 2.45) is 0 Å². The summed E-state index contributed by atoms with van der Waals surface area (Å²) in [7, 11) is 1.49. The molecule has 0 aromatic heterocycles. The predicted octanol–water partition coefficient (Wildman–Crippen LogP) is 4.05. The summed E-state index contributed by atoms with van der Waals surface area (Å²) >= 11 is 0. The van der Waals surface area contributed by atoms with E-state index in [0.29, 0.717) is 23.5 Å². The molecule has 0 N–H and O–H groups in total. The van der Waals surface area contributed by atoms with E-state index in [1.54, 1.807) is 18.2 Å². The summed E-state index contributed by atoms with van der Waals surface area (Å²) in [6.45, 7) is 3.77. The van der Waals surface area contributed by atoms with Crippen LogP contribution in [-0.4, -0.2) is 25.7 Å². The average molecular weight is 315 g/mol. The Morgan fingerprint density at radius 2 is 2.00 bits per heavy atom. The highest BCUT2D eigenvalue weighted by Gasteiger charge is 2.52. The number of hydrogen-bond acceptors (Lipinski definition) is 2. The smallest absolute Gasteiger partial charge is 0.390 e. The molecule has 2 rings (SSSR count). The van der Waals surface area contributed by atoms with Crippen molar-refractivity contribution in [2.75, 3.05) is 18.6 Å². The molecule has 1 atom stereocenters. The monoisotopic (exact) mass is 315 g/mol. The summed E-state index contributed by atoms with van der Waals surface area (Å²) in [4.78, 5) is 14.1. The van der Waals surface area contributed by atoms with Crippen LogP contribution >= 0.6 is 0 Å². The molecule has 3 nitrogen and oxygen atoms in total. The SMILES string of the molecule is CCCCN1C(=O)C(C)(CC(F)(F)F)c2ccc(OC)cc21. The molecule has 0 fully saturated rings. The molecule has 0 aliphatic carbocycles. The fourth-order valence-electron chi connectivity index (χ4n) is 2.96. The van der Waals surface area contributed by atoms with E-state index in [0.717, 1.165) is 12.8 Å². The topological polar surface area (TPSA) is 29.5 Å². The number of fused-ring (bicyclic) bond motifs is 1. The Bertz CT molecular complexity index is 571. The van der Waals surface area contributed by atoms with Crippen molar-refractivity contribution in [3.05, 3.63) is 23.8 Å². The molecule has 22 heavy (non-hydrogen) atoms. The van der Waals surface area contributed by atoms with Gasteiger partial charge in [-0.15, -0.1) is 0 Å². The Balaban J connectivity index is 2.49. The molecule has 0 bridgehead atoms. The largest absolute Gasteiger partial charge is 0.497 e. The second-order valence-electron chi connectivity index (χ2n) is 5.82. The Morgan fingerprint density at radius 1 is 1.32 bits per heavy atom. The lowest BCUT2D eigenvalue weighted by Crippen LogP contribution is -2.41. The standard InChI is InChI=1S/C16H20F3NO2/c1-4-5-8-20-13-9-11(22-3)6-7-12(13)15(2,14(20)21)10-16(17,18)19/h6-7,9H,4-5,8,10H2,1-3H3. The molecule has 0 radical (unpaired) electrons. The van der Waals surface area contributed by atoms with Gasteiger partial charge in [-0.25, -0.2) is 0 Å². The Labute approximate surface area is 128 Å². The van der Waals surface area contributed by atoms with Gasteiger partial charge in [0.05, 0.1) is 24.6 Å². The number of unbranched alkanes of at least 4 members (excludes halogenated alkanes) is 1. The average Bonchev–Trinajstić information content (AvgIpc) is 2.63. The minimum Gasteiger partial charge on any atom is -0.497 e. The van der Waals surface area contributed by atoms with Gasteiger partial charge < -0.3 is 9.64 Å². The Hall–Kier alpha value is -1.72. The van der Waals surface area contributed by atoms with E-state index < -0.39 is 23.9 Å². The summed E-state index contributed by atoms with van der Waals surface area (Å²) in [5, 5.41) is 0. The first-order chi connectivity index (χ1) is 10.2. The molecule has 1 aliphatic rings. The van der Waals surface area contributed by atoms with Crippen molar-refractivity contribution in [3.63, 3.8) is 0 Å². The fourth-order valence-corrected chi connectivity index (χ4v) is 2.96. The van der Waals surface area contributed by atoms with Crippen LogP contribution in [0.2, 0.25) is 0 Å². The van der Waals surface area contributed by atoms with Crippen molar-refractivity contribution < 1.29 is 22.7 Å². The van der Waals surface area contributed by atoms with Crippen molar-refractivity contribution in [2.45, 2.75) is 44.7 Å². The minimum atomic E-state index is -4.40. The van der Waals surface area contributed by atoms with Gasteiger partial charge in [0.15, 0.2) is 0 Å². The van der Waals surface area contributed by atoms with E-state index in [-0.39, 0.29) is 0 Å². The molecule has 122 valence electrons. The highest BCUT2D eigenvalue weighted by molar-refractivity contribution is 6.08. The van der Waals surface area contributed by atoms with Crippen molar-refractivity contribution in [1.29, 1.82) is 0 Å². The minimum absolute atomic E-state index is 0.420. The van der Waals surface area contributed by atoms with Crippen molar-refractivity contribution in [1.82, 2.24) is 0 Å². The van der Waals surface area contributed by atoms with Crippen LogP contribution in [0.15, 0.2) is 18.2 Å². The number of carbonyl (C=O) groups is 1. The first kappa shape index (κ1) is 16.6. The van der Waals surface area contributed by atoms with Gasteiger partial charge in [0.1, 0.15) is 5.75 Å². The number of benzene rings is 1. The summed E-state index contributed by atoms with van der Waals surface area (Å²) in [6, 6.07) is 4.82. The molecule has 1 amide bonds. The van der Waals surface area contributed by atoms with Gasteiger partial charge in [-0.3, -0.25) is 4.79 Å². The van der Waals surface area contributed by atoms with Crippen molar-refractivity contribution in [3.8, 4) is 5.75 Å². The van der Waals surface area contributed by atoms with Crippen molar-refractivity contribution >= 4 is 11.6 Å². The van der Waals surface area contributed by atoms with E-state index in [1.807, 2.05) is 6.92 Å². The summed E-state index contributed by atoms with van der Waals surface area (Å²) in [6.07, 6.45) is -3.95. The summed E-state index contributed by atoms with van der Waals surface area (Å²) < 4.78 is 44.0. The number of alkyl halides is 3. The van der Waals surface area contributed by atoms with Gasteiger partial charge >= 0.3 is 6.18 Å².